The van der Waals surface area contributed by atoms with Gasteiger partial charge in [-0.05, 0) is 38.3 Å². The minimum atomic E-state index is -0.145. The van der Waals surface area contributed by atoms with Crippen molar-refractivity contribution in [3.8, 4) is 0 Å². The maximum absolute atomic E-state index is 11.6. The van der Waals surface area contributed by atoms with Crippen LogP contribution in [0.4, 0.5) is 4.79 Å². The molecular weight excluding hydrogens is 206 g/mol. The summed E-state index contributed by atoms with van der Waals surface area (Å²) < 4.78 is 0. The second kappa shape index (κ2) is 4.82. The molecule has 2 rings (SSSR count). The molecule has 2 aliphatic rings. The van der Waals surface area contributed by atoms with Crippen molar-refractivity contribution in [3.63, 3.8) is 0 Å². The smallest absolute Gasteiger partial charge is 0.318 e. The van der Waals surface area contributed by atoms with Crippen LogP contribution in [-0.4, -0.2) is 55.0 Å². The molecule has 0 spiro atoms. The van der Waals surface area contributed by atoms with Gasteiger partial charge < -0.3 is 10.2 Å². The van der Waals surface area contributed by atoms with Gasteiger partial charge in [-0.15, -0.1) is 0 Å². The first kappa shape index (κ1) is 11.4. The standard InChI is InChI=1S/C11H19N3O2/c1-13-8-10(15)14(11(13)16)6-4-9-3-2-5-12-7-9/h9,12H,2-8H2,1H3. The van der Waals surface area contributed by atoms with E-state index in [-0.39, 0.29) is 18.5 Å². The Kier molecular flexibility index (Phi) is 3.43. The lowest BCUT2D eigenvalue weighted by atomic mass is 9.96. The number of hydrogen-bond donors (Lipinski definition) is 1. The number of hydrogen-bond acceptors (Lipinski definition) is 3. The number of amides is 3. The molecule has 5 nitrogen and oxygen atoms in total. The summed E-state index contributed by atoms with van der Waals surface area (Å²) in [6.45, 7) is 2.93. The number of nitrogens with one attached hydrogen (secondary N) is 1. The maximum atomic E-state index is 11.6. The van der Waals surface area contributed by atoms with Crippen molar-refractivity contribution in [1.29, 1.82) is 0 Å². The third kappa shape index (κ3) is 2.35. The highest BCUT2D eigenvalue weighted by Crippen LogP contribution is 2.16. The summed E-state index contributed by atoms with van der Waals surface area (Å²) in [4.78, 5) is 26.0. The molecule has 1 unspecified atom stereocenters. The molecule has 90 valence electrons. The van der Waals surface area contributed by atoms with Gasteiger partial charge in [-0.1, -0.05) is 0 Å². The number of piperidine rings is 1. The molecule has 0 aromatic rings. The van der Waals surface area contributed by atoms with Gasteiger partial charge in [0.25, 0.3) is 0 Å². The van der Waals surface area contributed by atoms with E-state index in [1.807, 2.05) is 0 Å². The summed E-state index contributed by atoms with van der Waals surface area (Å²) in [6, 6.07) is -0.145. The Hall–Kier alpha value is -1.10. The first-order valence-corrected chi connectivity index (χ1v) is 5.94. The zero-order valence-electron chi connectivity index (χ0n) is 9.74. The Labute approximate surface area is 95.8 Å². The molecule has 0 aromatic carbocycles. The van der Waals surface area contributed by atoms with Crippen LogP contribution in [0.3, 0.4) is 0 Å². The molecule has 16 heavy (non-hydrogen) atoms. The number of carbonyl (C=O) groups is 2. The average molecular weight is 225 g/mol. The van der Waals surface area contributed by atoms with E-state index in [0.717, 1.165) is 19.5 Å². The van der Waals surface area contributed by atoms with E-state index >= 15 is 0 Å². The fourth-order valence-corrected chi connectivity index (χ4v) is 2.37. The van der Waals surface area contributed by atoms with Gasteiger partial charge in [-0.2, -0.15) is 0 Å². The van der Waals surface area contributed by atoms with Crippen molar-refractivity contribution >= 4 is 11.9 Å². The molecule has 0 saturated carbocycles. The summed E-state index contributed by atoms with van der Waals surface area (Å²) in [5.74, 6) is 0.552. The second-order valence-corrected chi connectivity index (χ2v) is 4.69. The Morgan fingerprint density at radius 3 is 2.81 bits per heavy atom. The van der Waals surface area contributed by atoms with E-state index in [2.05, 4.69) is 5.32 Å². The highest BCUT2D eigenvalue weighted by atomic mass is 16.2. The molecule has 5 heteroatoms. The van der Waals surface area contributed by atoms with Crippen LogP contribution in [-0.2, 0) is 4.79 Å². The van der Waals surface area contributed by atoms with Gasteiger partial charge in [0.2, 0.25) is 5.91 Å². The third-order valence-corrected chi connectivity index (χ3v) is 3.39. The fourth-order valence-electron chi connectivity index (χ4n) is 2.37. The van der Waals surface area contributed by atoms with Gasteiger partial charge in [0.1, 0.15) is 6.54 Å². The molecule has 0 bridgehead atoms. The molecule has 0 aliphatic carbocycles. The largest absolute Gasteiger partial charge is 0.326 e. The van der Waals surface area contributed by atoms with Crippen LogP contribution in [0, 0.1) is 5.92 Å². The van der Waals surface area contributed by atoms with E-state index in [9.17, 15) is 9.59 Å². The van der Waals surface area contributed by atoms with Crippen molar-refractivity contribution in [1.82, 2.24) is 15.1 Å². The van der Waals surface area contributed by atoms with Crippen molar-refractivity contribution in [3.05, 3.63) is 0 Å². The molecule has 0 radical (unpaired) electrons. The van der Waals surface area contributed by atoms with Crippen LogP contribution in [0.25, 0.3) is 0 Å². The zero-order valence-corrected chi connectivity index (χ0v) is 9.74. The zero-order chi connectivity index (χ0) is 11.5. The van der Waals surface area contributed by atoms with E-state index in [4.69, 9.17) is 0 Å². The number of imide groups is 1. The van der Waals surface area contributed by atoms with Gasteiger partial charge in [0, 0.05) is 13.6 Å². The van der Waals surface area contributed by atoms with Gasteiger partial charge in [-0.25, -0.2) is 4.79 Å². The van der Waals surface area contributed by atoms with Gasteiger partial charge in [0.05, 0.1) is 0 Å². The Balaban J connectivity index is 1.80. The normalized spacial score (nSPS) is 26.7. The summed E-state index contributed by atoms with van der Waals surface area (Å²) >= 11 is 0. The van der Waals surface area contributed by atoms with E-state index in [0.29, 0.717) is 12.5 Å². The summed E-state index contributed by atoms with van der Waals surface area (Å²) in [5.41, 5.74) is 0. The number of carbonyl (C=O) groups excluding carboxylic acids is 2. The second-order valence-electron chi connectivity index (χ2n) is 4.69. The number of rotatable bonds is 3. The van der Waals surface area contributed by atoms with Crippen LogP contribution in [0.15, 0.2) is 0 Å². The lowest BCUT2D eigenvalue weighted by Crippen LogP contribution is -2.36. The molecule has 2 fully saturated rings. The molecule has 1 atom stereocenters. The molecule has 2 saturated heterocycles. The first-order chi connectivity index (χ1) is 7.68. The highest BCUT2D eigenvalue weighted by Gasteiger charge is 2.33. The lowest BCUT2D eigenvalue weighted by Gasteiger charge is -2.24. The Bertz CT molecular complexity index is 287. The molecule has 1 N–H and O–H groups in total. The van der Waals surface area contributed by atoms with Crippen LogP contribution in [0.5, 0.6) is 0 Å². The summed E-state index contributed by atoms with van der Waals surface area (Å²) in [6.07, 6.45) is 3.34. The first-order valence-electron chi connectivity index (χ1n) is 5.94. The fraction of sp³-hybridized carbons (Fsp3) is 0.818. The van der Waals surface area contributed by atoms with Crippen LogP contribution in [0.2, 0.25) is 0 Å². The Morgan fingerprint density at radius 1 is 1.44 bits per heavy atom. The SMILES string of the molecule is CN1CC(=O)N(CCC2CCCNC2)C1=O. The Morgan fingerprint density at radius 2 is 2.25 bits per heavy atom. The highest BCUT2D eigenvalue weighted by molar-refractivity contribution is 6.01. The minimum absolute atomic E-state index is 0.0590. The van der Waals surface area contributed by atoms with Gasteiger partial charge in [-0.3, -0.25) is 9.69 Å². The molecule has 2 aliphatic heterocycles. The predicted molar refractivity (Wildman–Crippen MR) is 59.9 cm³/mol. The number of likely N-dealkylation sites (N-methyl/N-ethyl adjacent to an activating group) is 1. The lowest BCUT2D eigenvalue weighted by molar-refractivity contribution is -0.125. The molecule has 3 amide bonds. The minimum Gasteiger partial charge on any atom is -0.318 e. The summed E-state index contributed by atoms with van der Waals surface area (Å²) in [5, 5.41) is 3.34. The monoisotopic (exact) mass is 225 g/mol. The molecule has 2 heterocycles. The van der Waals surface area contributed by atoms with E-state index < -0.39 is 0 Å². The summed E-state index contributed by atoms with van der Waals surface area (Å²) in [7, 11) is 1.67. The van der Waals surface area contributed by atoms with Crippen molar-refractivity contribution < 1.29 is 9.59 Å². The predicted octanol–water partition coefficient (Wildman–Crippen LogP) is 0.270. The van der Waals surface area contributed by atoms with E-state index in [1.54, 1.807) is 7.05 Å². The van der Waals surface area contributed by atoms with Crippen LogP contribution in [0.1, 0.15) is 19.3 Å². The topological polar surface area (TPSA) is 52.7 Å². The number of nitrogens with zero attached hydrogens (tertiary/aromatic N) is 2. The van der Waals surface area contributed by atoms with Gasteiger partial charge >= 0.3 is 6.03 Å². The molecule has 0 aromatic heterocycles. The van der Waals surface area contributed by atoms with Gasteiger partial charge in [0.15, 0.2) is 0 Å². The maximum Gasteiger partial charge on any atom is 0.326 e. The quantitative estimate of drug-likeness (QED) is 0.701. The number of urea groups is 1. The van der Waals surface area contributed by atoms with E-state index in [1.165, 1.54) is 22.6 Å². The third-order valence-electron chi connectivity index (χ3n) is 3.39. The average Bonchev–Trinajstić information content (AvgIpc) is 2.53. The van der Waals surface area contributed by atoms with Crippen molar-refractivity contribution in [2.45, 2.75) is 19.3 Å². The van der Waals surface area contributed by atoms with Crippen molar-refractivity contribution in [2.24, 2.45) is 5.92 Å². The van der Waals surface area contributed by atoms with Crippen molar-refractivity contribution in [2.75, 3.05) is 33.2 Å². The van der Waals surface area contributed by atoms with Crippen LogP contribution < -0.4 is 5.32 Å². The van der Waals surface area contributed by atoms with Crippen LogP contribution >= 0.6 is 0 Å². The molecular formula is C11H19N3O2.